The Morgan fingerprint density at radius 3 is 2.24 bits per heavy atom. The van der Waals surface area contributed by atoms with Gasteiger partial charge in [0.05, 0.1) is 24.8 Å². The highest BCUT2D eigenvalue weighted by molar-refractivity contribution is 7.89. The largest absolute Gasteiger partial charge is 0.493 e. The van der Waals surface area contributed by atoms with Gasteiger partial charge in [-0.2, -0.15) is 4.31 Å². The van der Waals surface area contributed by atoms with Gasteiger partial charge in [0.25, 0.3) is 0 Å². The summed E-state index contributed by atoms with van der Waals surface area (Å²) in [5.74, 6) is 0.902. The minimum absolute atomic E-state index is 0.208. The number of anilines is 1. The van der Waals surface area contributed by atoms with Crippen LogP contribution in [0.5, 0.6) is 11.5 Å². The van der Waals surface area contributed by atoms with Gasteiger partial charge in [-0.15, -0.1) is 11.3 Å². The molecule has 0 amide bonds. The maximum atomic E-state index is 13.1. The third-order valence-electron chi connectivity index (χ3n) is 5.86. The Kier molecular flexibility index (Phi) is 7.21. The van der Waals surface area contributed by atoms with Gasteiger partial charge in [0.1, 0.15) is 0 Å². The number of rotatable bonds is 8. The normalized spacial score (nSPS) is 14.9. The SMILES string of the molecule is CCc1ccc(Cc2csc(N3CCN(S(=O)(=O)c4ccc(OC)c(OC)c4)CC3)n2)cc1. The Balaban J connectivity index is 1.39. The number of nitrogens with zero attached hydrogens (tertiary/aromatic N) is 3. The van der Waals surface area contributed by atoms with Crippen molar-refractivity contribution in [2.24, 2.45) is 0 Å². The summed E-state index contributed by atoms with van der Waals surface area (Å²) >= 11 is 1.61. The minimum Gasteiger partial charge on any atom is -0.493 e. The average Bonchev–Trinajstić information content (AvgIpc) is 3.32. The molecule has 0 N–H and O–H groups in total. The first kappa shape index (κ1) is 23.5. The second-order valence-electron chi connectivity index (χ2n) is 7.88. The van der Waals surface area contributed by atoms with Crippen LogP contribution < -0.4 is 14.4 Å². The van der Waals surface area contributed by atoms with E-state index >= 15 is 0 Å². The summed E-state index contributed by atoms with van der Waals surface area (Å²) in [6, 6.07) is 13.4. The molecule has 1 aliphatic rings. The van der Waals surface area contributed by atoms with Crippen molar-refractivity contribution >= 4 is 26.5 Å². The Morgan fingerprint density at radius 1 is 0.939 bits per heavy atom. The van der Waals surface area contributed by atoms with Gasteiger partial charge in [0, 0.05) is 44.0 Å². The Morgan fingerprint density at radius 2 is 1.61 bits per heavy atom. The molecular formula is C24H29N3O4S2. The van der Waals surface area contributed by atoms with Gasteiger partial charge in [-0.1, -0.05) is 31.2 Å². The van der Waals surface area contributed by atoms with E-state index < -0.39 is 10.0 Å². The number of benzene rings is 2. The van der Waals surface area contributed by atoms with Gasteiger partial charge < -0.3 is 14.4 Å². The van der Waals surface area contributed by atoms with E-state index in [9.17, 15) is 8.42 Å². The van der Waals surface area contributed by atoms with Crippen molar-refractivity contribution in [1.82, 2.24) is 9.29 Å². The highest BCUT2D eigenvalue weighted by atomic mass is 32.2. The van der Waals surface area contributed by atoms with Crippen molar-refractivity contribution in [3.05, 3.63) is 64.7 Å². The summed E-state index contributed by atoms with van der Waals surface area (Å²) in [6.45, 7) is 4.17. The topological polar surface area (TPSA) is 72.0 Å². The summed E-state index contributed by atoms with van der Waals surface area (Å²) in [5.41, 5.74) is 3.62. The predicted molar refractivity (Wildman–Crippen MR) is 131 cm³/mol. The Hall–Kier alpha value is -2.62. The number of ether oxygens (including phenoxy) is 2. The number of aromatic nitrogens is 1. The lowest BCUT2D eigenvalue weighted by Gasteiger charge is -2.33. The fourth-order valence-electron chi connectivity index (χ4n) is 3.87. The molecule has 1 fully saturated rings. The molecule has 33 heavy (non-hydrogen) atoms. The lowest BCUT2D eigenvalue weighted by atomic mass is 10.1. The minimum atomic E-state index is -3.61. The first-order chi connectivity index (χ1) is 15.9. The summed E-state index contributed by atoms with van der Waals surface area (Å²) in [5, 5.41) is 3.04. The Labute approximate surface area is 199 Å². The van der Waals surface area contributed by atoms with Gasteiger partial charge in [-0.05, 0) is 29.7 Å². The van der Waals surface area contributed by atoms with Gasteiger partial charge in [-0.3, -0.25) is 0 Å². The molecule has 3 aromatic rings. The predicted octanol–water partition coefficient (Wildman–Crippen LogP) is 3.82. The summed E-state index contributed by atoms with van der Waals surface area (Å²) in [4.78, 5) is 7.17. The summed E-state index contributed by atoms with van der Waals surface area (Å²) < 4.78 is 38.3. The van der Waals surface area contributed by atoms with E-state index in [0.29, 0.717) is 37.7 Å². The van der Waals surface area contributed by atoms with Crippen LogP contribution in [0.25, 0.3) is 0 Å². The van der Waals surface area contributed by atoms with Crippen molar-refractivity contribution < 1.29 is 17.9 Å². The van der Waals surface area contributed by atoms with Crippen LogP contribution in [0.2, 0.25) is 0 Å². The molecule has 7 nitrogen and oxygen atoms in total. The molecule has 0 atom stereocenters. The van der Waals surface area contributed by atoms with Crippen LogP contribution in [0.4, 0.5) is 5.13 Å². The molecule has 1 saturated heterocycles. The standard InChI is InChI=1S/C24H29N3O4S2/c1-4-18-5-7-19(8-6-18)15-20-17-32-24(25-20)26-11-13-27(14-12-26)33(28,29)21-9-10-22(30-2)23(16-21)31-3/h5-10,16-17H,4,11-15H2,1-3H3. The van der Waals surface area contributed by atoms with Crippen molar-refractivity contribution in [1.29, 1.82) is 0 Å². The summed E-state index contributed by atoms with van der Waals surface area (Å²) in [7, 11) is -0.592. The molecule has 2 heterocycles. The van der Waals surface area contributed by atoms with Gasteiger partial charge >= 0.3 is 0 Å². The second-order valence-corrected chi connectivity index (χ2v) is 10.7. The smallest absolute Gasteiger partial charge is 0.243 e. The highest BCUT2D eigenvalue weighted by Crippen LogP contribution is 2.31. The van der Waals surface area contributed by atoms with Crippen LogP contribution in [0.1, 0.15) is 23.7 Å². The zero-order valence-electron chi connectivity index (χ0n) is 19.2. The second kappa shape index (κ2) is 10.1. The summed E-state index contributed by atoms with van der Waals surface area (Å²) in [6.07, 6.45) is 1.84. The molecule has 0 spiro atoms. The molecule has 0 radical (unpaired) electrons. The molecule has 9 heteroatoms. The number of hydrogen-bond acceptors (Lipinski definition) is 7. The fourth-order valence-corrected chi connectivity index (χ4v) is 6.19. The van der Waals surface area contributed by atoms with E-state index in [1.54, 1.807) is 23.5 Å². The number of hydrogen-bond donors (Lipinski definition) is 0. The van der Waals surface area contributed by atoms with Crippen LogP contribution in [-0.2, 0) is 22.9 Å². The first-order valence-electron chi connectivity index (χ1n) is 10.9. The zero-order valence-corrected chi connectivity index (χ0v) is 20.8. The van der Waals surface area contributed by atoms with Crippen LogP contribution in [0, 0.1) is 0 Å². The average molecular weight is 488 g/mol. The van der Waals surface area contributed by atoms with E-state index in [-0.39, 0.29) is 4.90 Å². The van der Waals surface area contributed by atoms with E-state index in [1.165, 1.54) is 35.7 Å². The number of thiazole rings is 1. The number of methoxy groups -OCH3 is 2. The highest BCUT2D eigenvalue weighted by Gasteiger charge is 2.30. The van der Waals surface area contributed by atoms with Gasteiger partial charge in [-0.25, -0.2) is 13.4 Å². The van der Waals surface area contributed by atoms with Crippen molar-refractivity contribution in [3.63, 3.8) is 0 Å². The van der Waals surface area contributed by atoms with Crippen molar-refractivity contribution in [3.8, 4) is 11.5 Å². The molecular weight excluding hydrogens is 458 g/mol. The zero-order chi connectivity index (χ0) is 23.4. The number of aryl methyl sites for hydroxylation is 1. The molecule has 0 bridgehead atoms. The Bertz CT molecular complexity index is 1180. The third kappa shape index (κ3) is 5.15. The molecule has 0 unspecified atom stereocenters. The monoisotopic (exact) mass is 487 g/mol. The van der Waals surface area contributed by atoms with E-state index in [4.69, 9.17) is 14.5 Å². The lowest BCUT2D eigenvalue weighted by molar-refractivity contribution is 0.353. The maximum absolute atomic E-state index is 13.1. The molecule has 2 aromatic carbocycles. The molecule has 0 aliphatic carbocycles. The van der Waals surface area contributed by atoms with Crippen molar-refractivity contribution in [2.45, 2.75) is 24.7 Å². The molecule has 1 aromatic heterocycles. The van der Waals surface area contributed by atoms with Crippen LogP contribution in [0.3, 0.4) is 0 Å². The number of sulfonamides is 1. The molecule has 4 rings (SSSR count). The van der Waals surface area contributed by atoms with Crippen LogP contribution >= 0.6 is 11.3 Å². The molecule has 1 aliphatic heterocycles. The van der Waals surface area contributed by atoms with Gasteiger partial charge in [0.2, 0.25) is 10.0 Å². The lowest BCUT2D eigenvalue weighted by Crippen LogP contribution is -2.48. The molecule has 176 valence electrons. The molecule has 0 saturated carbocycles. The fraction of sp³-hybridized carbons (Fsp3) is 0.375. The van der Waals surface area contributed by atoms with E-state index in [2.05, 4.69) is 41.5 Å². The van der Waals surface area contributed by atoms with E-state index in [1.807, 2.05) is 0 Å². The van der Waals surface area contributed by atoms with Gasteiger partial charge in [0.15, 0.2) is 16.6 Å². The maximum Gasteiger partial charge on any atom is 0.243 e. The van der Waals surface area contributed by atoms with Crippen molar-refractivity contribution in [2.75, 3.05) is 45.3 Å². The van der Waals surface area contributed by atoms with Crippen LogP contribution in [-0.4, -0.2) is 58.1 Å². The number of piperazine rings is 1. The van der Waals surface area contributed by atoms with E-state index in [0.717, 1.165) is 23.7 Å². The quantitative estimate of drug-likeness (QED) is 0.481. The first-order valence-corrected chi connectivity index (χ1v) is 13.3. The van der Waals surface area contributed by atoms with Crippen LogP contribution in [0.15, 0.2) is 52.7 Å². The third-order valence-corrected chi connectivity index (χ3v) is 8.70.